The van der Waals surface area contributed by atoms with Crippen LogP contribution in [0.3, 0.4) is 0 Å². The van der Waals surface area contributed by atoms with E-state index >= 15 is 0 Å². The molecule has 0 amide bonds. The van der Waals surface area contributed by atoms with E-state index in [1.165, 1.54) is 13.2 Å². The summed E-state index contributed by atoms with van der Waals surface area (Å²) in [6, 6.07) is 7.02. The largest absolute Gasteiger partial charge is 0.498 e. The third-order valence-electron chi connectivity index (χ3n) is 2.94. The van der Waals surface area contributed by atoms with Gasteiger partial charge >= 0.3 is 5.97 Å². The molecule has 2 rings (SSSR count). The third kappa shape index (κ3) is 1.51. The van der Waals surface area contributed by atoms with Crippen LogP contribution in [0.1, 0.15) is 0 Å². The van der Waals surface area contributed by atoms with Crippen LogP contribution in [0.2, 0.25) is 0 Å². The van der Waals surface area contributed by atoms with E-state index in [2.05, 4.69) is 0 Å². The Morgan fingerprint density at radius 3 is 2.71 bits per heavy atom. The molecule has 1 aliphatic carbocycles. The molecule has 0 heterocycles. The lowest BCUT2D eigenvalue weighted by Gasteiger charge is -2.32. The number of methoxy groups -OCH3 is 1. The van der Waals surface area contributed by atoms with E-state index in [0.29, 0.717) is 10.4 Å². The summed E-state index contributed by atoms with van der Waals surface area (Å²) in [5.41, 5.74) is 3.83. The molecule has 1 aromatic rings. The Morgan fingerprint density at radius 1 is 1.47 bits per heavy atom. The summed E-state index contributed by atoms with van der Waals surface area (Å²) in [6.45, 7) is 0. The first kappa shape index (κ1) is 11.6. The van der Waals surface area contributed by atoms with Crippen molar-refractivity contribution in [3.63, 3.8) is 0 Å². The summed E-state index contributed by atoms with van der Waals surface area (Å²) in [4.78, 5) is 11.3. The zero-order chi connectivity index (χ0) is 12.6. The van der Waals surface area contributed by atoms with Crippen molar-refractivity contribution in [3.05, 3.63) is 34.7 Å². The van der Waals surface area contributed by atoms with Crippen LogP contribution in [-0.2, 0) is 9.53 Å². The topological polar surface area (TPSA) is 92.8 Å². The number of carboxylic acids is 1. The molecule has 0 radical (unpaired) electrons. The van der Waals surface area contributed by atoms with E-state index in [4.69, 9.17) is 10.5 Å². The average Bonchev–Trinajstić information content (AvgIpc) is 2.30. The fourth-order valence-corrected chi connectivity index (χ4v) is 2.01. The molecule has 0 bridgehead atoms. The molecule has 0 saturated heterocycles. The fraction of sp³-hybridized carbons (Fsp3) is 0.250. The Bertz CT molecular complexity index is 580. The van der Waals surface area contributed by atoms with Gasteiger partial charge in [-0.25, -0.2) is 4.79 Å². The van der Waals surface area contributed by atoms with Gasteiger partial charge in [-0.1, -0.05) is 24.3 Å². The second-order valence-corrected chi connectivity index (χ2v) is 3.91. The minimum absolute atomic E-state index is 0.0654. The number of aliphatic hydroxyl groups excluding tert-OH is 1. The Labute approximate surface area is 97.4 Å². The summed E-state index contributed by atoms with van der Waals surface area (Å²) >= 11 is 0. The number of nitrogens with two attached hydrogens (primary N) is 1. The van der Waals surface area contributed by atoms with Crippen molar-refractivity contribution in [3.8, 4) is 0 Å². The van der Waals surface area contributed by atoms with E-state index in [0.717, 1.165) is 0 Å². The van der Waals surface area contributed by atoms with Crippen molar-refractivity contribution < 1.29 is 19.7 Å². The molecule has 5 nitrogen and oxygen atoms in total. The molecular weight excluding hydrogens is 222 g/mol. The summed E-state index contributed by atoms with van der Waals surface area (Å²) < 4.78 is 5.10. The van der Waals surface area contributed by atoms with E-state index in [1.807, 2.05) is 0 Å². The van der Waals surface area contributed by atoms with Gasteiger partial charge in [0.2, 0.25) is 5.54 Å². The number of ether oxygens (including phenoxy) is 1. The number of fused-ring (bicyclic) bond motifs is 1. The smallest absolute Gasteiger partial charge is 0.334 e. The van der Waals surface area contributed by atoms with Crippen LogP contribution in [0.4, 0.5) is 0 Å². The first-order valence-corrected chi connectivity index (χ1v) is 5.08. The normalized spacial score (nSPS) is 27.0. The molecule has 90 valence electrons. The minimum Gasteiger partial charge on any atom is -0.498 e. The fourth-order valence-electron chi connectivity index (χ4n) is 2.01. The quantitative estimate of drug-likeness (QED) is 0.573. The van der Waals surface area contributed by atoms with Crippen LogP contribution >= 0.6 is 0 Å². The second kappa shape index (κ2) is 3.87. The SMILES string of the molecule is COC1=c2ccccc2=CC(O)C1(N)C(=O)O. The van der Waals surface area contributed by atoms with Crippen molar-refractivity contribution in [1.29, 1.82) is 0 Å². The summed E-state index contributed by atoms with van der Waals surface area (Å²) in [7, 11) is 1.34. The maximum atomic E-state index is 11.3. The van der Waals surface area contributed by atoms with Gasteiger partial charge in [0, 0.05) is 5.22 Å². The second-order valence-electron chi connectivity index (χ2n) is 3.91. The van der Waals surface area contributed by atoms with Crippen molar-refractivity contribution in [2.75, 3.05) is 7.11 Å². The van der Waals surface area contributed by atoms with E-state index in [1.54, 1.807) is 24.3 Å². The average molecular weight is 235 g/mol. The van der Waals surface area contributed by atoms with Gasteiger partial charge in [-0.2, -0.15) is 0 Å². The van der Waals surface area contributed by atoms with Gasteiger partial charge < -0.3 is 20.7 Å². The molecule has 1 aromatic carbocycles. The maximum absolute atomic E-state index is 11.3. The zero-order valence-electron chi connectivity index (χ0n) is 9.25. The Morgan fingerprint density at radius 2 is 2.12 bits per heavy atom. The lowest BCUT2D eigenvalue weighted by Crippen LogP contribution is -2.62. The summed E-state index contributed by atoms with van der Waals surface area (Å²) in [5.74, 6) is -1.26. The third-order valence-corrected chi connectivity index (χ3v) is 2.94. The molecule has 0 fully saturated rings. The highest BCUT2D eigenvalue weighted by molar-refractivity contribution is 5.93. The maximum Gasteiger partial charge on any atom is 0.334 e. The van der Waals surface area contributed by atoms with Crippen molar-refractivity contribution in [2.24, 2.45) is 5.73 Å². The molecule has 1 aliphatic rings. The first-order valence-electron chi connectivity index (χ1n) is 5.08. The zero-order valence-corrected chi connectivity index (χ0v) is 9.25. The van der Waals surface area contributed by atoms with E-state index in [9.17, 15) is 15.0 Å². The van der Waals surface area contributed by atoms with Crippen LogP contribution in [-0.4, -0.2) is 34.9 Å². The summed E-state index contributed by atoms with van der Waals surface area (Å²) in [5, 5.41) is 20.4. The molecule has 2 unspecified atom stereocenters. The predicted octanol–water partition coefficient (Wildman–Crippen LogP) is -1.62. The van der Waals surface area contributed by atoms with Gasteiger partial charge in [0.25, 0.3) is 0 Å². The predicted molar refractivity (Wildman–Crippen MR) is 61.1 cm³/mol. The van der Waals surface area contributed by atoms with Crippen LogP contribution in [0.5, 0.6) is 0 Å². The molecule has 4 N–H and O–H groups in total. The molecule has 0 spiro atoms. The van der Waals surface area contributed by atoms with Gasteiger partial charge in [-0.05, 0) is 11.3 Å². The Kier molecular flexibility index (Phi) is 2.65. The molecule has 0 aliphatic heterocycles. The number of carbonyl (C=O) groups is 1. The Balaban J connectivity index is 2.87. The highest BCUT2D eigenvalue weighted by Crippen LogP contribution is 2.22. The van der Waals surface area contributed by atoms with Gasteiger partial charge in [-0.3, -0.25) is 0 Å². The number of carboxylic acid groups (broad SMARTS) is 1. The lowest BCUT2D eigenvalue weighted by molar-refractivity contribution is -0.144. The number of benzene rings is 1. The number of hydrogen-bond donors (Lipinski definition) is 3. The van der Waals surface area contributed by atoms with Crippen molar-refractivity contribution in [1.82, 2.24) is 0 Å². The van der Waals surface area contributed by atoms with Crippen molar-refractivity contribution >= 4 is 17.8 Å². The van der Waals surface area contributed by atoms with Gasteiger partial charge in [0.05, 0.1) is 7.11 Å². The van der Waals surface area contributed by atoms with Crippen LogP contribution < -0.4 is 16.2 Å². The Hall–Kier alpha value is -1.85. The van der Waals surface area contributed by atoms with Crippen molar-refractivity contribution in [2.45, 2.75) is 11.6 Å². The molecule has 0 aromatic heterocycles. The highest BCUT2D eigenvalue weighted by Gasteiger charge is 2.47. The number of rotatable bonds is 2. The van der Waals surface area contributed by atoms with Gasteiger partial charge in [-0.15, -0.1) is 0 Å². The van der Waals surface area contributed by atoms with E-state index in [-0.39, 0.29) is 5.76 Å². The monoisotopic (exact) mass is 235 g/mol. The van der Waals surface area contributed by atoms with Crippen LogP contribution in [0.15, 0.2) is 24.3 Å². The molecular formula is C12H13NO4. The number of aliphatic carboxylic acids is 1. The minimum atomic E-state index is -1.94. The van der Waals surface area contributed by atoms with Crippen LogP contribution in [0.25, 0.3) is 11.8 Å². The van der Waals surface area contributed by atoms with Crippen LogP contribution in [0, 0.1) is 0 Å². The standard InChI is InChI=1S/C12H13NO4/c1-17-10-8-5-3-2-4-7(8)6-9(14)12(10,13)11(15)16/h2-6,9,14H,13H2,1H3,(H,15,16). The van der Waals surface area contributed by atoms with E-state index < -0.39 is 17.6 Å². The molecule has 17 heavy (non-hydrogen) atoms. The molecule has 0 saturated carbocycles. The number of hydrogen-bond acceptors (Lipinski definition) is 4. The highest BCUT2D eigenvalue weighted by atomic mass is 16.5. The number of aliphatic hydroxyl groups is 1. The lowest BCUT2D eigenvalue weighted by atomic mass is 9.85. The van der Waals surface area contributed by atoms with Gasteiger partial charge in [0.15, 0.2) is 0 Å². The molecule has 2 atom stereocenters. The molecule has 5 heteroatoms. The summed E-state index contributed by atoms with van der Waals surface area (Å²) in [6.07, 6.45) is 0.0937. The first-order chi connectivity index (χ1) is 8.01. The van der Waals surface area contributed by atoms with Gasteiger partial charge in [0.1, 0.15) is 11.9 Å².